The number of nitrogens with one attached hydrogen (secondary N) is 1. The molecule has 2 aliphatic heterocycles. The van der Waals surface area contributed by atoms with Crippen molar-refractivity contribution in [2.75, 3.05) is 36.5 Å². The Kier molecular flexibility index (Phi) is 4.36. The first-order chi connectivity index (χ1) is 10.6. The smallest absolute Gasteiger partial charge is 0.226 e. The highest BCUT2D eigenvalue weighted by Gasteiger charge is 2.39. The van der Waals surface area contributed by atoms with Crippen LogP contribution in [-0.2, 0) is 14.3 Å². The Morgan fingerprint density at radius 1 is 1.14 bits per heavy atom. The summed E-state index contributed by atoms with van der Waals surface area (Å²) in [4.78, 5) is 14.0. The third kappa shape index (κ3) is 3.25. The molecule has 1 aromatic carbocycles. The number of ether oxygens (including phenoxy) is 2. The van der Waals surface area contributed by atoms with Crippen LogP contribution >= 0.6 is 0 Å². The summed E-state index contributed by atoms with van der Waals surface area (Å²) in [7, 11) is 0. The van der Waals surface area contributed by atoms with Crippen LogP contribution in [0.5, 0.6) is 0 Å². The second-order valence-electron chi connectivity index (χ2n) is 6.29. The molecule has 1 spiro atoms. The molecule has 2 aliphatic rings. The summed E-state index contributed by atoms with van der Waals surface area (Å²) in [5.41, 5.74) is 2.02. The fourth-order valence-electron chi connectivity index (χ4n) is 2.93. The molecule has 0 bridgehead atoms. The predicted molar refractivity (Wildman–Crippen MR) is 86.0 cm³/mol. The Labute approximate surface area is 131 Å². The SMILES string of the molecule is CC(C)C(=O)Nc1ccc(N2CCC3(CC2)OCCO3)cc1. The lowest BCUT2D eigenvalue weighted by Gasteiger charge is -2.38. The van der Waals surface area contributed by atoms with E-state index >= 15 is 0 Å². The Bertz CT molecular complexity index is 511. The Morgan fingerprint density at radius 3 is 2.27 bits per heavy atom. The number of anilines is 2. The molecule has 0 unspecified atom stereocenters. The Balaban J connectivity index is 1.58. The molecule has 1 N–H and O–H groups in total. The van der Waals surface area contributed by atoms with Gasteiger partial charge in [0.1, 0.15) is 0 Å². The zero-order valence-corrected chi connectivity index (χ0v) is 13.3. The van der Waals surface area contributed by atoms with E-state index in [1.54, 1.807) is 0 Å². The van der Waals surface area contributed by atoms with Crippen molar-refractivity contribution >= 4 is 17.3 Å². The number of hydrogen-bond acceptors (Lipinski definition) is 4. The van der Waals surface area contributed by atoms with Crippen LogP contribution < -0.4 is 10.2 Å². The molecule has 5 nitrogen and oxygen atoms in total. The molecule has 0 aliphatic carbocycles. The standard InChI is InChI=1S/C17H24N2O3/c1-13(2)16(20)18-14-3-5-15(6-4-14)19-9-7-17(8-10-19)21-11-12-22-17/h3-6,13H,7-12H2,1-2H3,(H,18,20). The maximum Gasteiger partial charge on any atom is 0.226 e. The van der Waals surface area contributed by atoms with Gasteiger partial charge in [-0.2, -0.15) is 0 Å². The van der Waals surface area contributed by atoms with Gasteiger partial charge in [0.25, 0.3) is 0 Å². The monoisotopic (exact) mass is 304 g/mol. The molecule has 22 heavy (non-hydrogen) atoms. The van der Waals surface area contributed by atoms with Crippen LogP contribution in [0.25, 0.3) is 0 Å². The lowest BCUT2D eigenvalue weighted by molar-refractivity contribution is -0.169. The minimum Gasteiger partial charge on any atom is -0.371 e. The van der Waals surface area contributed by atoms with Gasteiger partial charge in [-0.15, -0.1) is 0 Å². The number of piperidine rings is 1. The number of rotatable bonds is 3. The van der Waals surface area contributed by atoms with Gasteiger partial charge in [-0.05, 0) is 24.3 Å². The van der Waals surface area contributed by atoms with Gasteiger partial charge >= 0.3 is 0 Å². The van der Waals surface area contributed by atoms with Gasteiger partial charge < -0.3 is 19.7 Å². The second-order valence-corrected chi connectivity index (χ2v) is 6.29. The van der Waals surface area contributed by atoms with Crippen LogP contribution in [0.15, 0.2) is 24.3 Å². The fraction of sp³-hybridized carbons (Fsp3) is 0.588. The van der Waals surface area contributed by atoms with Gasteiger partial charge in [-0.1, -0.05) is 13.8 Å². The van der Waals surface area contributed by atoms with Gasteiger partial charge in [0, 0.05) is 43.2 Å². The summed E-state index contributed by atoms with van der Waals surface area (Å²) in [6.07, 6.45) is 1.80. The van der Waals surface area contributed by atoms with Crippen molar-refractivity contribution in [3.05, 3.63) is 24.3 Å². The van der Waals surface area contributed by atoms with Crippen LogP contribution in [0, 0.1) is 5.92 Å². The summed E-state index contributed by atoms with van der Waals surface area (Å²) in [5, 5.41) is 2.91. The summed E-state index contributed by atoms with van der Waals surface area (Å²) in [5.74, 6) is -0.297. The van der Waals surface area contributed by atoms with Crippen molar-refractivity contribution in [3.8, 4) is 0 Å². The van der Waals surface area contributed by atoms with Crippen molar-refractivity contribution in [2.45, 2.75) is 32.5 Å². The van der Waals surface area contributed by atoms with Crippen LogP contribution in [-0.4, -0.2) is 38.0 Å². The zero-order valence-electron chi connectivity index (χ0n) is 13.3. The van der Waals surface area contributed by atoms with E-state index in [9.17, 15) is 4.79 Å². The van der Waals surface area contributed by atoms with Crippen molar-refractivity contribution in [1.82, 2.24) is 0 Å². The molecule has 1 amide bonds. The van der Waals surface area contributed by atoms with Gasteiger partial charge in [-0.3, -0.25) is 4.79 Å². The summed E-state index contributed by atoms with van der Waals surface area (Å²) in [6, 6.07) is 8.04. The van der Waals surface area contributed by atoms with Gasteiger partial charge in [0.15, 0.2) is 5.79 Å². The summed E-state index contributed by atoms with van der Waals surface area (Å²) >= 11 is 0. The second kappa shape index (κ2) is 6.26. The van der Waals surface area contributed by atoms with E-state index in [0.717, 1.165) is 31.6 Å². The summed E-state index contributed by atoms with van der Waals surface area (Å²) in [6.45, 7) is 7.06. The number of carbonyl (C=O) groups excluding carboxylic acids is 1. The fourth-order valence-corrected chi connectivity index (χ4v) is 2.93. The maximum atomic E-state index is 11.7. The van der Waals surface area contributed by atoms with Crippen molar-refractivity contribution in [2.24, 2.45) is 5.92 Å². The predicted octanol–water partition coefficient (Wildman–Crippen LogP) is 2.62. The maximum absolute atomic E-state index is 11.7. The third-order valence-corrected chi connectivity index (χ3v) is 4.36. The molecule has 0 saturated carbocycles. The topological polar surface area (TPSA) is 50.8 Å². The average molecular weight is 304 g/mol. The molecule has 0 aromatic heterocycles. The number of carbonyl (C=O) groups is 1. The summed E-state index contributed by atoms with van der Waals surface area (Å²) < 4.78 is 11.5. The largest absolute Gasteiger partial charge is 0.371 e. The number of amides is 1. The highest BCUT2D eigenvalue weighted by atomic mass is 16.7. The third-order valence-electron chi connectivity index (χ3n) is 4.36. The highest BCUT2D eigenvalue weighted by molar-refractivity contribution is 5.92. The van der Waals surface area contributed by atoms with E-state index in [4.69, 9.17) is 9.47 Å². The lowest BCUT2D eigenvalue weighted by Crippen LogP contribution is -2.45. The van der Waals surface area contributed by atoms with Gasteiger partial charge in [0.2, 0.25) is 5.91 Å². The van der Waals surface area contributed by atoms with Crippen LogP contribution in [0.1, 0.15) is 26.7 Å². The molecule has 0 atom stereocenters. The van der Waals surface area contributed by atoms with Crippen LogP contribution in [0.2, 0.25) is 0 Å². The van der Waals surface area contributed by atoms with E-state index in [1.807, 2.05) is 26.0 Å². The number of benzene rings is 1. The van der Waals surface area contributed by atoms with E-state index in [0.29, 0.717) is 13.2 Å². The van der Waals surface area contributed by atoms with Crippen LogP contribution in [0.3, 0.4) is 0 Å². The molecule has 5 heteroatoms. The average Bonchev–Trinajstić information content (AvgIpc) is 2.97. The first-order valence-electron chi connectivity index (χ1n) is 8.02. The molecule has 3 rings (SSSR count). The molecular formula is C17H24N2O3. The molecule has 120 valence electrons. The number of hydrogen-bond donors (Lipinski definition) is 1. The molecule has 0 radical (unpaired) electrons. The van der Waals surface area contributed by atoms with Crippen molar-refractivity contribution < 1.29 is 14.3 Å². The van der Waals surface area contributed by atoms with E-state index < -0.39 is 0 Å². The first-order valence-corrected chi connectivity index (χ1v) is 8.02. The van der Waals surface area contributed by atoms with Crippen molar-refractivity contribution in [3.63, 3.8) is 0 Å². The van der Waals surface area contributed by atoms with Gasteiger partial charge in [0.05, 0.1) is 13.2 Å². The zero-order chi connectivity index (χ0) is 15.6. The minimum atomic E-state index is -0.332. The molecule has 2 fully saturated rings. The quantitative estimate of drug-likeness (QED) is 0.932. The molecule has 2 heterocycles. The Morgan fingerprint density at radius 2 is 1.73 bits per heavy atom. The van der Waals surface area contributed by atoms with E-state index in [-0.39, 0.29) is 17.6 Å². The van der Waals surface area contributed by atoms with Crippen molar-refractivity contribution in [1.29, 1.82) is 0 Å². The molecular weight excluding hydrogens is 280 g/mol. The normalized spacial score (nSPS) is 20.6. The van der Waals surface area contributed by atoms with E-state index in [1.165, 1.54) is 5.69 Å². The van der Waals surface area contributed by atoms with E-state index in [2.05, 4.69) is 22.3 Å². The van der Waals surface area contributed by atoms with Gasteiger partial charge in [-0.25, -0.2) is 0 Å². The number of nitrogens with zero attached hydrogens (tertiary/aromatic N) is 1. The minimum absolute atomic E-state index is 0.00984. The molecule has 2 saturated heterocycles. The Hall–Kier alpha value is -1.59. The molecule has 1 aromatic rings. The lowest BCUT2D eigenvalue weighted by atomic mass is 10.0. The first kappa shape index (κ1) is 15.3. The highest BCUT2D eigenvalue weighted by Crippen LogP contribution is 2.33. The van der Waals surface area contributed by atoms with Crippen LogP contribution in [0.4, 0.5) is 11.4 Å².